The SMILES string of the molecule is CN1C(=O)C2(N=C1N)c1cc(-c3cc(F)cc(Cl)c3)ccc1OC1CCCC[C@H]12. The summed E-state index contributed by atoms with van der Waals surface area (Å²) in [6.45, 7) is 0. The molecule has 0 radical (unpaired) electrons. The molecule has 0 saturated heterocycles. The quantitative estimate of drug-likeness (QED) is 0.765. The Labute approximate surface area is 173 Å². The molecule has 1 aliphatic carbocycles. The van der Waals surface area contributed by atoms with Crippen LogP contribution in [-0.4, -0.2) is 29.9 Å². The van der Waals surface area contributed by atoms with Gasteiger partial charge in [-0.15, -0.1) is 0 Å². The summed E-state index contributed by atoms with van der Waals surface area (Å²) in [6, 6.07) is 9.96. The van der Waals surface area contributed by atoms with E-state index in [2.05, 4.69) is 0 Å². The first kappa shape index (κ1) is 18.4. The molecule has 5 nitrogen and oxygen atoms in total. The van der Waals surface area contributed by atoms with Gasteiger partial charge in [-0.1, -0.05) is 24.1 Å². The van der Waals surface area contributed by atoms with Crippen LogP contribution in [0, 0.1) is 11.7 Å². The minimum absolute atomic E-state index is 0.0716. The van der Waals surface area contributed by atoms with Crippen molar-refractivity contribution in [2.45, 2.75) is 37.3 Å². The summed E-state index contributed by atoms with van der Waals surface area (Å²) < 4.78 is 20.2. The van der Waals surface area contributed by atoms with Gasteiger partial charge in [0.15, 0.2) is 11.5 Å². The number of nitrogens with two attached hydrogens (primary N) is 1. The minimum Gasteiger partial charge on any atom is -0.490 e. The summed E-state index contributed by atoms with van der Waals surface area (Å²) >= 11 is 6.05. The fraction of sp³-hybridized carbons (Fsp3) is 0.364. The average Bonchev–Trinajstić information content (AvgIpc) is 2.92. The second kappa shape index (κ2) is 6.46. The molecule has 2 aliphatic heterocycles. The van der Waals surface area contributed by atoms with E-state index in [-0.39, 0.29) is 23.9 Å². The van der Waals surface area contributed by atoms with E-state index < -0.39 is 11.4 Å². The summed E-state index contributed by atoms with van der Waals surface area (Å²) in [7, 11) is 1.65. The molecule has 1 spiro atoms. The molecule has 7 heteroatoms. The Balaban J connectivity index is 1.73. The van der Waals surface area contributed by atoms with Crippen molar-refractivity contribution in [1.82, 2.24) is 4.90 Å². The van der Waals surface area contributed by atoms with Crippen molar-refractivity contribution in [3.8, 4) is 16.9 Å². The highest BCUT2D eigenvalue weighted by Crippen LogP contribution is 2.53. The van der Waals surface area contributed by atoms with Gasteiger partial charge in [0.25, 0.3) is 5.91 Å². The summed E-state index contributed by atoms with van der Waals surface area (Å²) in [5, 5.41) is 0.315. The van der Waals surface area contributed by atoms with Crippen LogP contribution in [0.25, 0.3) is 11.1 Å². The van der Waals surface area contributed by atoms with Crippen molar-refractivity contribution in [3.63, 3.8) is 0 Å². The molecule has 5 rings (SSSR count). The Morgan fingerprint density at radius 1 is 1.21 bits per heavy atom. The monoisotopic (exact) mass is 413 g/mol. The maximum atomic E-state index is 13.9. The minimum atomic E-state index is -1.09. The third kappa shape index (κ3) is 2.65. The number of amides is 1. The molecule has 3 atom stereocenters. The zero-order valence-corrected chi connectivity index (χ0v) is 16.7. The first-order valence-electron chi connectivity index (χ1n) is 9.81. The number of carbonyl (C=O) groups excluding carboxylic acids is 1. The number of ether oxygens (including phenoxy) is 1. The molecule has 1 saturated carbocycles. The van der Waals surface area contributed by atoms with E-state index in [1.54, 1.807) is 13.1 Å². The third-order valence-electron chi connectivity index (χ3n) is 6.37. The standard InChI is InChI=1S/C22H21ClFN3O2/c1-27-20(28)22(26-21(27)25)16-4-2-3-5-18(16)29-19-7-6-12(10-17(19)22)13-8-14(23)11-15(24)9-13/h6-11,16,18H,2-5H2,1H3,(H2,25,26)/t16-,18?,22?/m1/s1. The van der Waals surface area contributed by atoms with Crippen molar-refractivity contribution in [3.05, 3.63) is 52.8 Å². The van der Waals surface area contributed by atoms with Gasteiger partial charge in [0.2, 0.25) is 0 Å². The van der Waals surface area contributed by atoms with E-state index in [0.717, 1.165) is 31.2 Å². The third-order valence-corrected chi connectivity index (χ3v) is 6.59. The molecule has 0 aromatic heterocycles. The van der Waals surface area contributed by atoms with Crippen molar-refractivity contribution in [1.29, 1.82) is 0 Å². The van der Waals surface area contributed by atoms with Gasteiger partial charge in [0, 0.05) is 23.6 Å². The lowest BCUT2D eigenvalue weighted by Gasteiger charge is -2.46. The van der Waals surface area contributed by atoms with Crippen molar-refractivity contribution >= 4 is 23.5 Å². The molecule has 2 aromatic rings. The van der Waals surface area contributed by atoms with Crippen LogP contribution in [0.5, 0.6) is 5.75 Å². The van der Waals surface area contributed by atoms with Crippen molar-refractivity contribution in [2.75, 3.05) is 7.05 Å². The smallest absolute Gasteiger partial charge is 0.262 e. The van der Waals surface area contributed by atoms with E-state index in [4.69, 9.17) is 27.1 Å². The van der Waals surface area contributed by atoms with Gasteiger partial charge in [0.1, 0.15) is 17.7 Å². The molecule has 2 unspecified atom stereocenters. The van der Waals surface area contributed by atoms with Crippen LogP contribution in [0.4, 0.5) is 4.39 Å². The van der Waals surface area contributed by atoms with Gasteiger partial charge in [-0.2, -0.15) is 0 Å². The average molecular weight is 414 g/mol. The summed E-state index contributed by atoms with van der Waals surface area (Å²) in [5.74, 6) is 0.227. The second-order valence-corrected chi connectivity index (χ2v) is 8.45. The Bertz CT molecular complexity index is 1040. The van der Waals surface area contributed by atoms with Crippen LogP contribution in [0.15, 0.2) is 41.4 Å². The fourth-order valence-electron chi connectivity index (χ4n) is 4.99. The number of halogens is 2. The number of fused-ring (bicyclic) bond motifs is 4. The molecule has 29 heavy (non-hydrogen) atoms. The number of aliphatic imine (C=N–C) groups is 1. The Hall–Kier alpha value is -2.60. The molecule has 2 heterocycles. The molecule has 0 bridgehead atoms. The van der Waals surface area contributed by atoms with E-state index >= 15 is 0 Å². The van der Waals surface area contributed by atoms with E-state index in [9.17, 15) is 9.18 Å². The number of likely N-dealkylation sites (N-methyl/N-ethyl adjacent to an activating group) is 1. The Morgan fingerprint density at radius 2 is 2.00 bits per heavy atom. The highest BCUT2D eigenvalue weighted by molar-refractivity contribution is 6.30. The number of hydrogen-bond donors (Lipinski definition) is 1. The molecular formula is C22H21ClFN3O2. The first-order chi connectivity index (χ1) is 13.9. The van der Waals surface area contributed by atoms with E-state index in [1.165, 1.54) is 17.0 Å². The van der Waals surface area contributed by atoms with Gasteiger partial charge >= 0.3 is 0 Å². The topological polar surface area (TPSA) is 67.9 Å². The lowest BCUT2D eigenvalue weighted by atomic mass is 9.67. The number of carbonyl (C=O) groups is 1. The van der Waals surface area contributed by atoms with Gasteiger partial charge in [-0.25, -0.2) is 9.38 Å². The molecule has 150 valence electrons. The number of hydrogen-bond acceptors (Lipinski definition) is 4. The van der Waals surface area contributed by atoms with Crippen LogP contribution < -0.4 is 10.5 Å². The summed E-state index contributed by atoms with van der Waals surface area (Å²) in [4.78, 5) is 19.6. The van der Waals surface area contributed by atoms with Gasteiger partial charge in [-0.3, -0.25) is 9.69 Å². The maximum absolute atomic E-state index is 13.9. The van der Waals surface area contributed by atoms with Crippen LogP contribution >= 0.6 is 11.6 Å². The van der Waals surface area contributed by atoms with Gasteiger partial charge in [-0.05, 0) is 60.7 Å². The van der Waals surface area contributed by atoms with E-state index in [1.807, 2.05) is 18.2 Å². The number of guanidine groups is 1. The Kier molecular flexibility index (Phi) is 4.10. The first-order valence-corrected chi connectivity index (χ1v) is 10.2. The zero-order valence-electron chi connectivity index (χ0n) is 16.0. The zero-order chi connectivity index (χ0) is 20.3. The summed E-state index contributed by atoms with van der Waals surface area (Å²) in [6.07, 6.45) is 3.75. The van der Waals surface area contributed by atoms with Gasteiger partial charge < -0.3 is 10.5 Å². The van der Waals surface area contributed by atoms with Crippen LogP contribution in [-0.2, 0) is 10.3 Å². The fourth-order valence-corrected chi connectivity index (χ4v) is 5.21. The highest BCUT2D eigenvalue weighted by Gasteiger charge is 2.60. The van der Waals surface area contributed by atoms with E-state index in [0.29, 0.717) is 21.9 Å². The lowest BCUT2D eigenvalue weighted by molar-refractivity contribution is -0.136. The van der Waals surface area contributed by atoms with Crippen LogP contribution in [0.1, 0.15) is 31.2 Å². The number of rotatable bonds is 1. The van der Waals surface area contributed by atoms with Crippen molar-refractivity contribution in [2.24, 2.45) is 16.6 Å². The summed E-state index contributed by atoms with van der Waals surface area (Å²) in [5.41, 5.74) is 7.07. The highest BCUT2D eigenvalue weighted by atomic mass is 35.5. The molecule has 2 N–H and O–H groups in total. The molecular weight excluding hydrogens is 393 g/mol. The Morgan fingerprint density at radius 3 is 2.72 bits per heavy atom. The normalized spacial score (nSPS) is 28.0. The number of nitrogens with zero attached hydrogens (tertiary/aromatic N) is 2. The predicted octanol–water partition coefficient (Wildman–Crippen LogP) is 4.08. The second-order valence-electron chi connectivity index (χ2n) is 8.02. The molecule has 2 aromatic carbocycles. The molecule has 3 aliphatic rings. The molecule has 1 fully saturated rings. The van der Waals surface area contributed by atoms with Crippen molar-refractivity contribution < 1.29 is 13.9 Å². The number of benzene rings is 2. The van der Waals surface area contributed by atoms with Crippen LogP contribution in [0.2, 0.25) is 5.02 Å². The largest absolute Gasteiger partial charge is 0.490 e. The van der Waals surface area contributed by atoms with Gasteiger partial charge in [0.05, 0.1) is 0 Å². The predicted molar refractivity (Wildman–Crippen MR) is 109 cm³/mol. The molecule has 1 amide bonds. The lowest BCUT2D eigenvalue weighted by Crippen LogP contribution is -2.53. The van der Waals surface area contributed by atoms with Crippen LogP contribution in [0.3, 0.4) is 0 Å². The maximum Gasteiger partial charge on any atom is 0.262 e.